The van der Waals surface area contributed by atoms with Crippen molar-refractivity contribution in [2.24, 2.45) is 0 Å². The lowest BCUT2D eigenvalue weighted by molar-refractivity contribution is 0.184. The van der Waals surface area contributed by atoms with Gasteiger partial charge in [-0.05, 0) is 49.4 Å². The van der Waals surface area contributed by atoms with Crippen molar-refractivity contribution in [3.63, 3.8) is 0 Å². The summed E-state index contributed by atoms with van der Waals surface area (Å²) in [5.74, 6) is 0.912. The van der Waals surface area contributed by atoms with E-state index in [1.54, 1.807) is 7.11 Å². The number of fused-ring (bicyclic) bond motifs is 1. The van der Waals surface area contributed by atoms with Gasteiger partial charge in [0.05, 0.1) is 13.2 Å². The molecule has 0 fully saturated rings. The second-order valence-electron chi connectivity index (χ2n) is 4.77. The minimum Gasteiger partial charge on any atom is -0.497 e. The normalized spacial score (nSPS) is 20.8. The predicted molar refractivity (Wildman–Crippen MR) is 68.4 cm³/mol. The van der Waals surface area contributed by atoms with Crippen molar-refractivity contribution >= 4 is 0 Å². The molecule has 3 heteroatoms. The second kappa shape index (κ2) is 5.52. The molecule has 2 atom stereocenters. The van der Waals surface area contributed by atoms with Gasteiger partial charge in [-0.3, -0.25) is 0 Å². The molecule has 2 unspecified atom stereocenters. The average Bonchev–Trinajstić information content (AvgIpc) is 2.35. The van der Waals surface area contributed by atoms with Crippen molar-refractivity contribution in [1.82, 2.24) is 5.32 Å². The molecule has 0 saturated heterocycles. The number of methoxy groups -OCH3 is 1. The Morgan fingerprint density at radius 1 is 1.53 bits per heavy atom. The van der Waals surface area contributed by atoms with Crippen molar-refractivity contribution in [1.29, 1.82) is 0 Å². The first kappa shape index (κ1) is 12.4. The molecule has 0 radical (unpaired) electrons. The Balaban J connectivity index is 2.16. The second-order valence-corrected chi connectivity index (χ2v) is 4.77. The van der Waals surface area contributed by atoms with Crippen molar-refractivity contribution in [3.05, 3.63) is 29.3 Å². The van der Waals surface area contributed by atoms with Crippen molar-refractivity contribution < 1.29 is 9.84 Å². The van der Waals surface area contributed by atoms with E-state index in [4.69, 9.17) is 4.74 Å². The van der Waals surface area contributed by atoms with E-state index in [1.807, 2.05) is 13.0 Å². The number of aryl methyl sites for hydroxylation is 1. The molecule has 94 valence electrons. The third-order valence-electron chi connectivity index (χ3n) is 3.33. The molecule has 0 spiro atoms. The van der Waals surface area contributed by atoms with Gasteiger partial charge in [0.25, 0.3) is 0 Å². The van der Waals surface area contributed by atoms with Crippen LogP contribution in [0.5, 0.6) is 5.75 Å². The van der Waals surface area contributed by atoms with Gasteiger partial charge in [-0.15, -0.1) is 0 Å². The van der Waals surface area contributed by atoms with Gasteiger partial charge >= 0.3 is 0 Å². The summed E-state index contributed by atoms with van der Waals surface area (Å²) in [6.07, 6.45) is 3.18. The van der Waals surface area contributed by atoms with E-state index in [1.165, 1.54) is 17.5 Å². The Kier molecular flexibility index (Phi) is 4.02. The molecule has 0 aliphatic heterocycles. The van der Waals surface area contributed by atoms with Gasteiger partial charge in [0.15, 0.2) is 0 Å². The quantitative estimate of drug-likeness (QED) is 0.839. The van der Waals surface area contributed by atoms with Crippen LogP contribution in [-0.4, -0.2) is 24.9 Å². The summed E-state index contributed by atoms with van der Waals surface area (Å²) in [6, 6.07) is 6.65. The number of ether oxygens (including phenoxy) is 1. The van der Waals surface area contributed by atoms with Gasteiger partial charge in [-0.1, -0.05) is 6.07 Å². The number of hydrogen-bond donors (Lipinski definition) is 2. The van der Waals surface area contributed by atoms with Crippen LogP contribution < -0.4 is 10.1 Å². The molecule has 0 bridgehead atoms. The SMILES string of the molecule is COc1ccc2c(c1)C(NCC(C)O)CCC2. The minimum absolute atomic E-state index is 0.300. The smallest absolute Gasteiger partial charge is 0.119 e. The van der Waals surface area contributed by atoms with Gasteiger partial charge in [0.2, 0.25) is 0 Å². The number of aliphatic hydroxyl groups is 1. The summed E-state index contributed by atoms with van der Waals surface area (Å²) in [6.45, 7) is 2.45. The zero-order valence-corrected chi connectivity index (χ0v) is 10.6. The van der Waals surface area contributed by atoms with Crippen LogP contribution in [0.3, 0.4) is 0 Å². The molecule has 0 aromatic heterocycles. The van der Waals surface area contributed by atoms with E-state index < -0.39 is 0 Å². The number of benzene rings is 1. The lowest BCUT2D eigenvalue weighted by Gasteiger charge is -2.27. The van der Waals surface area contributed by atoms with Gasteiger partial charge in [-0.25, -0.2) is 0 Å². The lowest BCUT2D eigenvalue weighted by Crippen LogP contribution is -2.31. The highest BCUT2D eigenvalue weighted by Crippen LogP contribution is 2.32. The van der Waals surface area contributed by atoms with Crippen LogP contribution in [0.15, 0.2) is 18.2 Å². The Hall–Kier alpha value is -1.06. The summed E-state index contributed by atoms with van der Waals surface area (Å²) in [5, 5.41) is 12.8. The fourth-order valence-corrected chi connectivity index (χ4v) is 2.43. The fraction of sp³-hybridized carbons (Fsp3) is 0.571. The minimum atomic E-state index is -0.300. The van der Waals surface area contributed by atoms with E-state index in [0.717, 1.165) is 18.6 Å². The van der Waals surface area contributed by atoms with Crippen LogP contribution in [0.4, 0.5) is 0 Å². The molecule has 1 aromatic rings. The first-order valence-electron chi connectivity index (χ1n) is 6.29. The zero-order valence-electron chi connectivity index (χ0n) is 10.6. The van der Waals surface area contributed by atoms with E-state index in [-0.39, 0.29) is 6.10 Å². The van der Waals surface area contributed by atoms with Crippen LogP contribution in [0.1, 0.15) is 36.9 Å². The number of aliphatic hydroxyl groups excluding tert-OH is 1. The van der Waals surface area contributed by atoms with Gasteiger partial charge in [0.1, 0.15) is 5.75 Å². The van der Waals surface area contributed by atoms with Crippen LogP contribution in [0.25, 0.3) is 0 Å². The van der Waals surface area contributed by atoms with Crippen molar-refractivity contribution in [3.8, 4) is 5.75 Å². The molecule has 0 saturated carbocycles. The monoisotopic (exact) mass is 235 g/mol. The standard InChI is InChI=1S/C14H21NO2/c1-10(16)9-15-14-5-3-4-11-6-7-12(17-2)8-13(11)14/h6-8,10,14-16H,3-5,9H2,1-2H3. The fourth-order valence-electron chi connectivity index (χ4n) is 2.43. The number of hydrogen-bond acceptors (Lipinski definition) is 3. The van der Waals surface area contributed by atoms with Gasteiger partial charge in [0, 0.05) is 12.6 Å². The topological polar surface area (TPSA) is 41.5 Å². The third kappa shape index (κ3) is 2.99. The molecular formula is C14H21NO2. The number of rotatable bonds is 4. The van der Waals surface area contributed by atoms with E-state index in [9.17, 15) is 5.11 Å². The summed E-state index contributed by atoms with van der Waals surface area (Å²) in [7, 11) is 1.70. The summed E-state index contributed by atoms with van der Waals surface area (Å²) < 4.78 is 5.28. The lowest BCUT2D eigenvalue weighted by atomic mass is 9.87. The molecule has 0 heterocycles. The summed E-state index contributed by atoms with van der Waals surface area (Å²) >= 11 is 0. The van der Waals surface area contributed by atoms with E-state index in [2.05, 4.69) is 17.4 Å². The zero-order chi connectivity index (χ0) is 12.3. The molecule has 3 nitrogen and oxygen atoms in total. The van der Waals surface area contributed by atoms with Crippen LogP contribution in [0, 0.1) is 0 Å². The Labute approximate surface area is 103 Å². The molecule has 17 heavy (non-hydrogen) atoms. The molecule has 0 amide bonds. The highest BCUT2D eigenvalue weighted by molar-refractivity contribution is 5.39. The summed E-state index contributed by atoms with van der Waals surface area (Å²) in [5.41, 5.74) is 2.73. The van der Waals surface area contributed by atoms with Crippen molar-refractivity contribution in [2.45, 2.75) is 38.3 Å². The number of nitrogens with one attached hydrogen (secondary N) is 1. The first-order chi connectivity index (χ1) is 8.20. The largest absolute Gasteiger partial charge is 0.497 e. The molecule has 1 aliphatic carbocycles. The average molecular weight is 235 g/mol. The van der Waals surface area contributed by atoms with E-state index in [0.29, 0.717) is 12.6 Å². The molecule has 1 aromatic carbocycles. The highest BCUT2D eigenvalue weighted by Gasteiger charge is 2.20. The van der Waals surface area contributed by atoms with Gasteiger partial charge in [-0.2, -0.15) is 0 Å². The molecule has 2 rings (SSSR count). The van der Waals surface area contributed by atoms with Crippen LogP contribution in [-0.2, 0) is 6.42 Å². The highest BCUT2D eigenvalue weighted by atomic mass is 16.5. The van der Waals surface area contributed by atoms with E-state index >= 15 is 0 Å². The maximum absolute atomic E-state index is 9.34. The Bertz CT molecular complexity index is 376. The predicted octanol–water partition coefficient (Wildman–Crippen LogP) is 2.04. The van der Waals surface area contributed by atoms with Crippen LogP contribution in [0.2, 0.25) is 0 Å². The van der Waals surface area contributed by atoms with Crippen molar-refractivity contribution in [2.75, 3.05) is 13.7 Å². The first-order valence-corrected chi connectivity index (χ1v) is 6.29. The maximum Gasteiger partial charge on any atom is 0.119 e. The molecule has 1 aliphatic rings. The summed E-state index contributed by atoms with van der Waals surface area (Å²) in [4.78, 5) is 0. The Morgan fingerprint density at radius 2 is 2.35 bits per heavy atom. The van der Waals surface area contributed by atoms with Gasteiger partial charge < -0.3 is 15.2 Å². The van der Waals surface area contributed by atoms with Crippen LogP contribution >= 0.6 is 0 Å². The maximum atomic E-state index is 9.34. The third-order valence-corrected chi connectivity index (χ3v) is 3.33. The molecule has 2 N–H and O–H groups in total. The molecular weight excluding hydrogens is 214 g/mol. The Morgan fingerprint density at radius 3 is 3.06 bits per heavy atom.